The molecule has 120 valence electrons. The van der Waals surface area contributed by atoms with Crippen molar-refractivity contribution < 1.29 is 0 Å². The van der Waals surface area contributed by atoms with Crippen LogP contribution in [0.3, 0.4) is 0 Å². The van der Waals surface area contributed by atoms with Crippen LogP contribution >= 0.6 is 39.5 Å². The van der Waals surface area contributed by atoms with E-state index in [1.54, 1.807) is 11.3 Å². The maximum absolute atomic E-state index is 5.37. The molecule has 7 heteroatoms. The third-order valence-corrected chi connectivity index (χ3v) is 5.36. The maximum atomic E-state index is 5.37. The molecular formula is C16H17BrN4S2. The molecule has 2 heterocycles. The largest absolute Gasteiger partial charge is 0.282 e. The van der Waals surface area contributed by atoms with Gasteiger partial charge in [-0.2, -0.15) is 4.98 Å². The molecule has 0 aliphatic rings. The molecule has 0 aliphatic carbocycles. The van der Waals surface area contributed by atoms with E-state index in [0.29, 0.717) is 11.4 Å². The van der Waals surface area contributed by atoms with E-state index in [1.807, 2.05) is 4.68 Å². The van der Waals surface area contributed by atoms with Gasteiger partial charge in [-0.05, 0) is 54.3 Å². The summed E-state index contributed by atoms with van der Waals surface area (Å²) in [4.78, 5) is 7.97. The second-order valence-electron chi connectivity index (χ2n) is 5.51. The van der Waals surface area contributed by atoms with Gasteiger partial charge >= 0.3 is 0 Å². The third-order valence-electron chi connectivity index (χ3n) is 3.44. The summed E-state index contributed by atoms with van der Waals surface area (Å²) in [6.07, 6.45) is 0. The summed E-state index contributed by atoms with van der Waals surface area (Å²) in [6, 6.07) is 12.5. The minimum atomic E-state index is 0.569. The quantitative estimate of drug-likeness (QED) is 0.614. The number of rotatable bonds is 5. The summed E-state index contributed by atoms with van der Waals surface area (Å²) in [5.74, 6) is 0.808. The summed E-state index contributed by atoms with van der Waals surface area (Å²) in [7, 11) is 2.07. The molecule has 0 fully saturated rings. The summed E-state index contributed by atoms with van der Waals surface area (Å²) in [5, 5.41) is 3.29. The molecule has 3 aromatic rings. The number of thiophene rings is 1. The fourth-order valence-corrected chi connectivity index (χ4v) is 4.05. The second kappa shape index (κ2) is 7.09. The molecule has 1 aromatic carbocycles. The van der Waals surface area contributed by atoms with Crippen molar-refractivity contribution in [2.75, 3.05) is 7.05 Å². The molecule has 0 radical (unpaired) electrons. The first-order chi connectivity index (χ1) is 11.0. The molecule has 0 unspecified atom stereocenters. The Bertz CT molecular complexity index is 848. The second-order valence-corrected chi connectivity index (χ2v) is 8.42. The van der Waals surface area contributed by atoms with Crippen LogP contribution in [0.4, 0.5) is 0 Å². The van der Waals surface area contributed by atoms with Gasteiger partial charge in [-0.25, -0.2) is 4.68 Å². The normalized spacial score (nSPS) is 11.3. The molecule has 0 aliphatic heterocycles. The summed E-state index contributed by atoms with van der Waals surface area (Å²) < 4.78 is 3.62. The number of aromatic nitrogens is 3. The van der Waals surface area contributed by atoms with Gasteiger partial charge in [0.15, 0.2) is 5.82 Å². The van der Waals surface area contributed by atoms with Crippen LogP contribution in [0, 0.1) is 11.7 Å². The molecule has 1 N–H and O–H groups in total. The molecule has 0 atom stereocenters. The molecule has 0 bridgehead atoms. The monoisotopic (exact) mass is 408 g/mol. The first kappa shape index (κ1) is 16.6. The molecule has 0 saturated carbocycles. The minimum absolute atomic E-state index is 0.569. The summed E-state index contributed by atoms with van der Waals surface area (Å²) >= 11 is 10.6. The number of hydrogen-bond donors (Lipinski definition) is 1. The lowest BCUT2D eigenvalue weighted by Crippen LogP contribution is -2.22. The number of aromatic amines is 1. The zero-order valence-corrected chi connectivity index (χ0v) is 16.1. The highest BCUT2D eigenvalue weighted by molar-refractivity contribution is 9.11. The van der Waals surface area contributed by atoms with Gasteiger partial charge in [-0.15, -0.1) is 11.3 Å². The van der Waals surface area contributed by atoms with E-state index in [4.69, 9.17) is 12.2 Å². The predicted molar refractivity (Wildman–Crippen MR) is 101 cm³/mol. The number of halogens is 1. The molecule has 3 rings (SSSR count). The predicted octanol–water partition coefficient (Wildman–Crippen LogP) is 4.83. The van der Waals surface area contributed by atoms with Crippen LogP contribution in [-0.2, 0) is 13.2 Å². The number of aryl methyl sites for hydroxylation is 1. The van der Waals surface area contributed by atoms with E-state index >= 15 is 0 Å². The average Bonchev–Trinajstić information content (AvgIpc) is 3.06. The zero-order chi connectivity index (χ0) is 16.4. The zero-order valence-electron chi connectivity index (χ0n) is 12.9. The number of benzene rings is 1. The molecule has 0 amide bonds. The van der Waals surface area contributed by atoms with Crippen molar-refractivity contribution in [3.63, 3.8) is 0 Å². The Morgan fingerprint density at radius 2 is 2.00 bits per heavy atom. The van der Waals surface area contributed by atoms with E-state index in [1.165, 1.54) is 10.4 Å². The van der Waals surface area contributed by atoms with Gasteiger partial charge in [-0.1, -0.05) is 29.8 Å². The Morgan fingerprint density at radius 3 is 2.65 bits per heavy atom. The third kappa shape index (κ3) is 4.17. The highest BCUT2D eigenvalue weighted by atomic mass is 79.9. The molecule has 4 nitrogen and oxygen atoms in total. The summed E-state index contributed by atoms with van der Waals surface area (Å²) in [5.41, 5.74) is 2.28. The van der Waals surface area contributed by atoms with Gasteiger partial charge in [0.05, 0.1) is 10.5 Å². The van der Waals surface area contributed by atoms with Crippen LogP contribution in [0.1, 0.15) is 10.4 Å². The lowest BCUT2D eigenvalue weighted by atomic mass is 10.1. The van der Waals surface area contributed by atoms with Crippen LogP contribution in [0.15, 0.2) is 40.2 Å². The van der Waals surface area contributed by atoms with Gasteiger partial charge < -0.3 is 0 Å². The van der Waals surface area contributed by atoms with E-state index < -0.39 is 0 Å². The highest BCUT2D eigenvalue weighted by Crippen LogP contribution is 2.23. The highest BCUT2D eigenvalue weighted by Gasteiger charge is 2.08. The minimum Gasteiger partial charge on any atom is -0.282 e. The van der Waals surface area contributed by atoms with Gasteiger partial charge in [0.25, 0.3) is 0 Å². The topological polar surface area (TPSA) is 36.9 Å². The number of H-pyrrole nitrogens is 1. The van der Waals surface area contributed by atoms with E-state index in [0.717, 1.165) is 21.7 Å². The number of nitrogens with zero attached hydrogens (tertiary/aromatic N) is 3. The van der Waals surface area contributed by atoms with Crippen LogP contribution in [0.25, 0.3) is 11.4 Å². The smallest absolute Gasteiger partial charge is 0.217 e. The van der Waals surface area contributed by atoms with Crippen LogP contribution < -0.4 is 0 Å². The lowest BCUT2D eigenvalue weighted by Gasteiger charge is -2.15. The average molecular weight is 409 g/mol. The Labute approximate surface area is 152 Å². The Hall–Kier alpha value is -1.28. The van der Waals surface area contributed by atoms with Crippen molar-refractivity contribution in [1.82, 2.24) is 19.7 Å². The van der Waals surface area contributed by atoms with Crippen molar-refractivity contribution in [3.05, 3.63) is 55.4 Å². The van der Waals surface area contributed by atoms with Crippen LogP contribution in [0.5, 0.6) is 0 Å². The van der Waals surface area contributed by atoms with Crippen LogP contribution in [0.2, 0.25) is 0 Å². The van der Waals surface area contributed by atoms with Gasteiger partial charge in [0, 0.05) is 17.0 Å². The summed E-state index contributed by atoms with van der Waals surface area (Å²) in [6.45, 7) is 3.62. The first-order valence-electron chi connectivity index (χ1n) is 7.18. The van der Waals surface area contributed by atoms with Crippen molar-refractivity contribution in [2.45, 2.75) is 20.1 Å². The van der Waals surface area contributed by atoms with Crippen molar-refractivity contribution in [2.24, 2.45) is 0 Å². The number of nitrogens with one attached hydrogen (secondary N) is 1. The number of hydrogen-bond acceptors (Lipinski definition) is 4. The van der Waals surface area contributed by atoms with Crippen molar-refractivity contribution >= 4 is 39.5 Å². The van der Waals surface area contributed by atoms with E-state index in [9.17, 15) is 0 Å². The lowest BCUT2D eigenvalue weighted by molar-refractivity contribution is 0.246. The first-order valence-corrected chi connectivity index (χ1v) is 9.20. The SMILES string of the molecule is Cc1ccc(-c2nc(=S)n(CN(C)Cc3ccc(Br)s3)[nH]2)cc1. The van der Waals surface area contributed by atoms with Crippen molar-refractivity contribution in [3.8, 4) is 11.4 Å². The van der Waals surface area contributed by atoms with Crippen molar-refractivity contribution in [1.29, 1.82) is 0 Å². The molecule has 23 heavy (non-hydrogen) atoms. The Morgan fingerprint density at radius 1 is 1.26 bits per heavy atom. The maximum Gasteiger partial charge on any atom is 0.217 e. The standard InChI is InChI=1S/C16H17BrN4S2/c1-11-3-5-12(6-4-11)15-18-16(22)21(19-15)10-20(2)9-13-7-8-14(17)23-13/h3-8H,9-10H2,1-2H3,(H,18,19,22). The molecule has 2 aromatic heterocycles. The molecule has 0 saturated heterocycles. The van der Waals surface area contributed by atoms with E-state index in [-0.39, 0.29) is 0 Å². The Kier molecular flexibility index (Phi) is 5.11. The molecule has 0 spiro atoms. The Balaban J connectivity index is 1.73. The van der Waals surface area contributed by atoms with Gasteiger partial charge in [0.2, 0.25) is 4.77 Å². The molecular weight excluding hydrogens is 392 g/mol. The fraction of sp³-hybridized carbons (Fsp3) is 0.250. The van der Waals surface area contributed by atoms with Crippen LogP contribution in [-0.4, -0.2) is 26.7 Å². The van der Waals surface area contributed by atoms with E-state index in [2.05, 4.69) is 81.3 Å². The fourth-order valence-electron chi connectivity index (χ4n) is 2.29. The van der Waals surface area contributed by atoms with Gasteiger partial charge in [0.1, 0.15) is 0 Å². The van der Waals surface area contributed by atoms with Gasteiger partial charge in [-0.3, -0.25) is 10.00 Å².